The topological polar surface area (TPSA) is 544 Å². The van der Waals surface area contributed by atoms with Crippen LogP contribution in [0, 0.1) is 0 Å². The van der Waals surface area contributed by atoms with Crippen LogP contribution in [-0.4, -0.2) is 138 Å². The van der Waals surface area contributed by atoms with Crippen molar-refractivity contribution in [2.45, 2.75) is 49.1 Å². The first-order valence-electron chi connectivity index (χ1n) is 15.1. The third-order valence-corrected chi connectivity index (χ3v) is 14.7. The van der Waals surface area contributed by atoms with Gasteiger partial charge in [0.2, 0.25) is 0 Å². The monoisotopic (exact) mass is 991 g/mol. The van der Waals surface area contributed by atoms with E-state index in [0.29, 0.717) is 4.57 Å². The minimum absolute atomic E-state index is 0.0426. The Kier molecular flexibility index (Phi) is 15.7. The molecule has 0 radical (unpaired) electrons. The maximum Gasteiger partial charge on any atom is 0.490 e. The number of aromatic nitrogens is 6. The van der Waals surface area contributed by atoms with E-state index in [1.54, 1.807) is 0 Å². The van der Waals surface area contributed by atoms with Crippen molar-refractivity contribution in [3.8, 4) is 0 Å². The molecule has 0 aromatic carbocycles. The van der Waals surface area contributed by atoms with Crippen LogP contribution in [-0.2, 0) is 63.2 Å². The highest BCUT2D eigenvalue weighted by Crippen LogP contribution is 2.67. The summed E-state index contributed by atoms with van der Waals surface area (Å²) in [5.74, 6) is 0.0426. The molecule has 2 aliphatic rings. The van der Waals surface area contributed by atoms with Crippen molar-refractivity contribution in [1.29, 1.82) is 0 Å². The summed E-state index contributed by atoms with van der Waals surface area (Å²) in [6.07, 6.45) is -9.39. The Labute approximate surface area is 329 Å². The highest BCUT2D eigenvalue weighted by atomic mass is 31.3. The number of hydrogen-bond donors (Lipinski definition) is 14. The molecule has 3 aromatic heterocycles. The number of phosphoric acid groups is 6. The Hall–Kier alpha value is -2.39. The predicted octanol–water partition coefficient (Wildman–Crippen LogP) is -4.13. The molecule has 60 heavy (non-hydrogen) atoms. The zero-order valence-corrected chi connectivity index (χ0v) is 34.1. The van der Waals surface area contributed by atoms with Crippen LogP contribution in [0.4, 0.5) is 5.82 Å². The van der Waals surface area contributed by atoms with Crippen molar-refractivity contribution in [1.82, 2.24) is 29.1 Å². The number of hydrogen-bond acceptors (Lipinski definition) is 24. The van der Waals surface area contributed by atoms with Crippen molar-refractivity contribution in [2.24, 2.45) is 0 Å². The SMILES string of the molecule is Nc1ncnc2c1ncn2[C@@H]1O[C@H](COP(=O)(O)OP(=O)(O)OP(=O)(O)O)[C@@H](O)[C@H]1O.O=c1ccn([C@@H]2O[C@H](COP(=O)(O)OP(=O)(O)OP(=O)(O)O)[C@@H](O)[C@H]2O)c(=O)[nH]1. The molecule has 0 aliphatic carbocycles. The molecule has 2 saturated heterocycles. The smallest absolute Gasteiger partial charge is 0.387 e. The Morgan fingerprint density at radius 1 is 0.650 bits per heavy atom. The number of imidazole rings is 1. The van der Waals surface area contributed by atoms with Gasteiger partial charge in [0.05, 0.1) is 19.5 Å². The number of aliphatic hydroxyl groups excluding tert-OH is 4. The second-order valence-corrected chi connectivity index (χ2v) is 20.3. The minimum atomic E-state index is -5.73. The van der Waals surface area contributed by atoms with Gasteiger partial charge in [-0.15, -0.1) is 0 Å². The summed E-state index contributed by atoms with van der Waals surface area (Å²) in [5, 5.41) is 40.3. The Morgan fingerprint density at radius 2 is 1.10 bits per heavy atom. The molecular weight excluding hydrogens is 960 g/mol. The summed E-state index contributed by atoms with van der Waals surface area (Å²) in [7, 11) is -33.4. The molecule has 2 fully saturated rings. The number of nitrogen functional groups attached to an aromatic ring is 1. The molecule has 35 nitrogen and oxygen atoms in total. The molecule has 0 saturated carbocycles. The number of H-pyrrole nitrogens is 1. The molecule has 5 heterocycles. The number of nitrogens with one attached hydrogen (secondary N) is 1. The number of rotatable bonds is 16. The lowest BCUT2D eigenvalue weighted by Gasteiger charge is -2.19. The molecule has 12 atom stereocenters. The fourth-order valence-corrected chi connectivity index (χ4v) is 10.9. The summed E-state index contributed by atoms with van der Waals surface area (Å²) >= 11 is 0. The van der Waals surface area contributed by atoms with Gasteiger partial charge in [-0.2, -0.15) is 17.2 Å². The minimum Gasteiger partial charge on any atom is -0.387 e. The first-order chi connectivity index (χ1) is 27.3. The van der Waals surface area contributed by atoms with Crippen molar-refractivity contribution in [3.05, 3.63) is 45.8 Å². The molecule has 41 heteroatoms. The average Bonchev–Trinajstić information content (AvgIpc) is 3.70. The fraction of sp³-hybridized carbons (Fsp3) is 0.526. The van der Waals surface area contributed by atoms with E-state index >= 15 is 0 Å². The van der Waals surface area contributed by atoms with Crippen molar-refractivity contribution in [2.75, 3.05) is 18.9 Å². The second-order valence-electron chi connectivity index (χ2n) is 11.5. The summed E-state index contributed by atoms with van der Waals surface area (Å²) < 4.78 is 102. The highest BCUT2D eigenvalue weighted by molar-refractivity contribution is 7.67. The van der Waals surface area contributed by atoms with E-state index in [-0.39, 0.29) is 17.0 Å². The molecule has 0 amide bonds. The summed E-state index contributed by atoms with van der Waals surface area (Å²) in [6, 6.07) is 0.920. The number of aliphatic hydroxyl groups is 4. The fourth-order valence-electron chi connectivity index (χ4n) is 4.82. The summed E-state index contributed by atoms with van der Waals surface area (Å²) in [4.78, 5) is 107. The summed E-state index contributed by atoms with van der Waals surface area (Å²) in [6.45, 7) is -2.00. The molecule has 3 aromatic rings. The number of nitrogens with two attached hydrogens (primary N) is 1. The Bertz CT molecular complexity index is 2430. The lowest BCUT2D eigenvalue weighted by molar-refractivity contribution is -0.0542. The zero-order chi connectivity index (χ0) is 45.4. The first kappa shape index (κ1) is 50.3. The van der Waals surface area contributed by atoms with Gasteiger partial charge in [-0.05, 0) is 0 Å². The average molecular weight is 991 g/mol. The molecule has 340 valence electrons. The van der Waals surface area contributed by atoms with Crippen LogP contribution < -0.4 is 17.0 Å². The Morgan fingerprint density at radius 3 is 1.53 bits per heavy atom. The number of anilines is 1. The van der Waals surface area contributed by atoms with Gasteiger partial charge < -0.3 is 74.8 Å². The first-order valence-corrected chi connectivity index (χ1v) is 24.2. The third kappa shape index (κ3) is 13.8. The standard InChI is InChI=1S/C10H16N5O13P3.C9H15N2O15P3/c11-8-5-9(13-2-12-8)15(3-14-5)10-7(17)6(16)4(26-10)1-25-30(21,22)28-31(23,24)27-29(18,19)20;12-5-1-2-11(9(15)10-5)8-7(14)6(13)4(24-8)3-23-28(19,20)26-29(21,22)25-27(16,17)18/h2-4,6-7,10,16-17H,1H2,(H,21,22)(H,23,24)(H2,11,12,13)(H2,18,19,20);1-2,4,6-8,13-14H,3H2,(H,19,20)(H,21,22)(H,10,12,15)(H2,16,17,18)/t4-,6-,7-,10-;4-,6-,7-,8-/m11/s1. The Balaban J connectivity index is 0.000000265. The number of aromatic amines is 1. The van der Waals surface area contributed by atoms with Crippen LogP contribution in [0.5, 0.6) is 0 Å². The van der Waals surface area contributed by atoms with Crippen LogP contribution >= 0.6 is 46.9 Å². The second kappa shape index (κ2) is 18.8. The van der Waals surface area contributed by atoms with Gasteiger partial charge in [-0.1, -0.05) is 0 Å². The van der Waals surface area contributed by atoms with E-state index in [4.69, 9.17) is 44.6 Å². The molecule has 0 spiro atoms. The zero-order valence-electron chi connectivity index (χ0n) is 28.7. The van der Waals surface area contributed by atoms with Gasteiger partial charge in [0.25, 0.3) is 5.56 Å². The van der Waals surface area contributed by atoms with E-state index in [0.717, 1.165) is 18.6 Å². The number of ether oxygens (including phenoxy) is 2. The van der Waals surface area contributed by atoms with Gasteiger partial charge in [0.1, 0.15) is 48.5 Å². The number of nitrogens with zero attached hydrogens (tertiary/aromatic N) is 5. The lowest BCUT2D eigenvalue weighted by atomic mass is 10.1. The van der Waals surface area contributed by atoms with Gasteiger partial charge in [-0.3, -0.25) is 28.0 Å². The summed E-state index contributed by atoms with van der Waals surface area (Å²) in [5.41, 5.74) is 4.26. The highest BCUT2D eigenvalue weighted by Gasteiger charge is 2.48. The van der Waals surface area contributed by atoms with Gasteiger partial charge in [-0.25, -0.2) is 47.1 Å². The van der Waals surface area contributed by atoms with Crippen LogP contribution in [0.15, 0.2) is 34.5 Å². The predicted molar refractivity (Wildman–Crippen MR) is 183 cm³/mol. The van der Waals surface area contributed by atoms with Crippen molar-refractivity contribution < 1.29 is 123 Å². The maximum absolute atomic E-state index is 11.8. The van der Waals surface area contributed by atoms with E-state index < -0.39 is 120 Å². The molecule has 0 bridgehead atoms. The van der Waals surface area contributed by atoms with E-state index in [2.05, 4.69) is 41.2 Å². The maximum atomic E-state index is 11.8. The van der Waals surface area contributed by atoms with E-state index in [1.807, 2.05) is 4.98 Å². The third-order valence-electron chi connectivity index (χ3n) is 7.10. The molecule has 5 rings (SSSR count). The van der Waals surface area contributed by atoms with Crippen LogP contribution in [0.25, 0.3) is 11.2 Å². The van der Waals surface area contributed by atoms with E-state index in [9.17, 15) is 67.2 Å². The van der Waals surface area contributed by atoms with Crippen LogP contribution in [0.3, 0.4) is 0 Å². The number of phosphoric ester groups is 2. The number of fused-ring (bicyclic) bond motifs is 1. The molecule has 2 aliphatic heterocycles. The van der Waals surface area contributed by atoms with Gasteiger partial charge in [0.15, 0.2) is 23.9 Å². The van der Waals surface area contributed by atoms with Gasteiger partial charge in [0, 0.05) is 12.3 Å². The normalized spacial score (nSPS) is 28.9. The van der Waals surface area contributed by atoms with Crippen molar-refractivity contribution >= 4 is 63.9 Å². The molecule has 15 N–H and O–H groups in total. The van der Waals surface area contributed by atoms with E-state index in [1.165, 1.54) is 10.9 Å². The van der Waals surface area contributed by atoms with Crippen LogP contribution in [0.2, 0.25) is 0 Å². The quantitative estimate of drug-likeness (QED) is 0.0606. The van der Waals surface area contributed by atoms with Crippen LogP contribution in [0.1, 0.15) is 12.5 Å². The largest absolute Gasteiger partial charge is 0.490 e. The lowest BCUT2D eigenvalue weighted by Crippen LogP contribution is -2.37. The van der Waals surface area contributed by atoms with Crippen molar-refractivity contribution in [3.63, 3.8) is 0 Å². The molecule has 4 unspecified atom stereocenters. The molecular formula is C19H31N7O28P6. The van der Waals surface area contributed by atoms with Gasteiger partial charge >= 0.3 is 52.6 Å².